The second kappa shape index (κ2) is 6.44. The first kappa shape index (κ1) is 15.6. The summed E-state index contributed by atoms with van der Waals surface area (Å²) in [5.41, 5.74) is 0.943. The molecule has 2 aromatic carbocycles. The highest BCUT2D eigenvalue weighted by Gasteiger charge is 2.15. The molecule has 3 nitrogen and oxygen atoms in total. The molecule has 0 spiro atoms. The molecule has 3 rings (SSSR count). The molecule has 116 valence electrons. The van der Waals surface area contributed by atoms with Crippen LogP contribution in [0.4, 0.5) is 13.9 Å². The van der Waals surface area contributed by atoms with Crippen molar-refractivity contribution in [1.29, 1.82) is 0 Å². The number of amides is 1. The van der Waals surface area contributed by atoms with E-state index in [0.29, 0.717) is 10.7 Å². The minimum atomic E-state index is -0.799. The number of thiazole rings is 1. The van der Waals surface area contributed by atoms with E-state index in [1.165, 1.54) is 11.3 Å². The molecule has 0 aliphatic heterocycles. The van der Waals surface area contributed by atoms with E-state index in [-0.39, 0.29) is 10.7 Å². The van der Waals surface area contributed by atoms with E-state index in [1.807, 2.05) is 6.07 Å². The molecule has 0 saturated carbocycles. The summed E-state index contributed by atoms with van der Waals surface area (Å²) in [6, 6.07) is 9.85. The molecule has 0 aliphatic carbocycles. The van der Waals surface area contributed by atoms with Gasteiger partial charge in [-0.1, -0.05) is 29.8 Å². The Balaban J connectivity index is 1.83. The number of rotatable bonds is 3. The van der Waals surface area contributed by atoms with Crippen LogP contribution in [-0.4, -0.2) is 10.9 Å². The summed E-state index contributed by atoms with van der Waals surface area (Å²) in [5, 5.41) is 4.98. The summed E-state index contributed by atoms with van der Waals surface area (Å²) in [4.78, 5) is 16.3. The number of carbonyl (C=O) groups is 1. The number of nitrogens with one attached hydrogen (secondary N) is 1. The molecule has 0 atom stereocenters. The third-order valence-electron chi connectivity index (χ3n) is 3.05. The fourth-order valence-corrected chi connectivity index (χ4v) is 2.90. The van der Waals surface area contributed by atoms with E-state index in [2.05, 4.69) is 10.3 Å². The SMILES string of the molecule is O=C(Nc1nc(-c2ccccc2Cl)cs1)c1cc(F)ccc1F. The molecule has 1 amide bonds. The molecule has 0 bridgehead atoms. The smallest absolute Gasteiger partial charge is 0.260 e. The molecular formula is C16H9ClF2N2OS. The van der Waals surface area contributed by atoms with Gasteiger partial charge in [-0.3, -0.25) is 10.1 Å². The first-order chi connectivity index (χ1) is 11.0. The summed E-state index contributed by atoms with van der Waals surface area (Å²) >= 11 is 7.26. The number of aromatic nitrogens is 1. The normalized spacial score (nSPS) is 10.6. The third-order valence-corrected chi connectivity index (χ3v) is 4.13. The van der Waals surface area contributed by atoms with Crippen molar-refractivity contribution < 1.29 is 13.6 Å². The van der Waals surface area contributed by atoms with Gasteiger partial charge in [0.2, 0.25) is 0 Å². The van der Waals surface area contributed by atoms with Gasteiger partial charge in [0.15, 0.2) is 5.13 Å². The number of hydrogen-bond donors (Lipinski definition) is 1. The molecule has 0 radical (unpaired) electrons. The van der Waals surface area contributed by atoms with Crippen LogP contribution >= 0.6 is 22.9 Å². The Morgan fingerprint density at radius 3 is 2.74 bits per heavy atom. The van der Waals surface area contributed by atoms with E-state index >= 15 is 0 Å². The molecule has 7 heteroatoms. The highest BCUT2D eigenvalue weighted by Crippen LogP contribution is 2.30. The van der Waals surface area contributed by atoms with Crippen LogP contribution < -0.4 is 5.32 Å². The molecule has 1 N–H and O–H groups in total. The van der Waals surface area contributed by atoms with Crippen molar-refractivity contribution in [2.45, 2.75) is 0 Å². The fraction of sp³-hybridized carbons (Fsp3) is 0. The molecule has 1 heterocycles. The Morgan fingerprint density at radius 1 is 1.17 bits per heavy atom. The lowest BCUT2D eigenvalue weighted by Crippen LogP contribution is -2.13. The Hall–Kier alpha value is -2.31. The number of nitrogens with zero attached hydrogens (tertiary/aromatic N) is 1. The van der Waals surface area contributed by atoms with Crippen LogP contribution in [0.25, 0.3) is 11.3 Å². The summed E-state index contributed by atoms with van der Waals surface area (Å²) < 4.78 is 26.7. The molecule has 0 fully saturated rings. The van der Waals surface area contributed by atoms with E-state index in [0.717, 1.165) is 23.8 Å². The van der Waals surface area contributed by atoms with Crippen molar-refractivity contribution in [2.75, 3.05) is 5.32 Å². The summed E-state index contributed by atoms with van der Waals surface area (Å²) in [5.74, 6) is -2.25. The van der Waals surface area contributed by atoms with E-state index in [9.17, 15) is 13.6 Å². The van der Waals surface area contributed by atoms with Gasteiger partial charge in [-0.15, -0.1) is 11.3 Å². The number of benzene rings is 2. The van der Waals surface area contributed by atoms with Gasteiger partial charge in [0, 0.05) is 16.0 Å². The van der Waals surface area contributed by atoms with Crippen LogP contribution in [0.15, 0.2) is 47.8 Å². The molecule has 3 aromatic rings. The van der Waals surface area contributed by atoms with Crippen molar-refractivity contribution in [3.63, 3.8) is 0 Å². The van der Waals surface area contributed by atoms with Crippen LogP contribution in [0.5, 0.6) is 0 Å². The Morgan fingerprint density at radius 2 is 1.96 bits per heavy atom. The van der Waals surface area contributed by atoms with Crippen LogP contribution in [0.2, 0.25) is 5.02 Å². The largest absolute Gasteiger partial charge is 0.298 e. The van der Waals surface area contributed by atoms with Gasteiger partial charge in [-0.25, -0.2) is 13.8 Å². The lowest BCUT2D eigenvalue weighted by atomic mass is 10.2. The fourth-order valence-electron chi connectivity index (χ4n) is 1.96. The highest BCUT2D eigenvalue weighted by molar-refractivity contribution is 7.14. The molecule has 0 unspecified atom stereocenters. The molecule has 1 aromatic heterocycles. The Labute approximate surface area is 139 Å². The van der Waals surface area contributed by atoms with Crippen molar-refractivity contribution in [3.05, 3.63) is 70.1 Å². The third kappa shape index (κ3) is 3.38. The minimum absolute atomic E-state index is 0.272. The zero-order valence-electron chi connectivity index (χ0n) is 11.5. The van der Waals surface area contributed by atoms with Crippen LogP contribution in [0.3, 0.4) is 0 Å². The topological polar surface area (TPSA) is 42.0 Å². The number of anilines is 1. The number of carbonyl (C=O) groups excluding carboxylic acids is 1. The molecule has 0 saturated heterocycles. The zero-order valence-corrected chi connectivity index (χ0v) is 13.1. The van der Waals surface area contributed by atoms with E-state index in [4.69, 9.17) is 11.6 Å². The zero-order chi connectivity index (χ0) is 16.4. The van der Waals surface area contributed by atoms with Crippen LogP contribution in [-0.2, 0) is 0 Å². The summed E-state index contributed by atoms with van der Waals surface area (Å²) in [6.45, 7) is 0. The summed E-state index contributed by atoms with van der Waals surface area (Å²) in [7, 11) is 0. The molecular weight excluding hydrogens is 342 g/mol. The van der Waals surface area contributed by atoms with Gasteiger partial charge >= 0.3 is 0 Å². The maximum Gasteiger partial charge on any atom is 0.260 e. The minimum Gasteiger partial charge on any atom is -0.298 e. The Kier molecular flexibility index (Phi) is 4.36. The van der Waals surface area contributed by atoms with Crippen LogP contribution in [0, 0.1) is 11.6 Å². The van der Waals surface area contributed by atoms with Gasteiger partial charge in [0.1, 0.15) is 11.6 Å². The maximum atomic E-state index is 13.6. The second-order valence-electron chi connectivity index (χ2n) is 4.60. The van der Waals surface area contributed by atoms with E-state index < -0.39 is 17.5 Å². The first-order valence-corrected chi connectivity index (χ1v) is 7.77. The molecule has 0 aliphatic rings. The van der Waals surface area contributed by atoms with Gasteiger partial charge in [0.25, 0.3) is 5.91 Å². The standard InChI is InChI=1S/C16H9ClF2N2OS/c17-12-4-2-1-3-10(12)14-8-23-16(20-14)21-15(22)11-7-9(18)5-6-13(11)19/h1-8H,(H,20,21,22). The Bertz CT molecular complexity index is 882. The van der Waals surface area contributed by atoms with Gasteiger partial charge < -0.3 is 0 Å². The van der Waals surface area contributed by atoms with Crippen molar-refractivity contribution in [3.8, 4) is 11.3 Å². The van der Waals surface area contributed by atoms with Gasteiger partial charge in [0.05, 0.1) is 11.3 Å². The lowest BCUT2D eigenvalue weighted by molar-refractivity contribution is 0.102. The monoisotopic (exact) mass is 350 g/mol. The van der Waals surface area contributed by atoms with Crippen molar-refractivity contribution in [1.82, 2.24) is 4.98 Å². The average molecular weight is 351 g/mol. The lowest BCUT2D eigenvalue weighted by Gasteiger charge is -2.03. The molecule has 23 heavy (non-hydrogen) atoms. The number of hydrogen-bond acceptors (Lipinski definition) is 3. The van der Waals surface area contributed by atoms with Crippen molar-refractivity contribution in [2.24, 2.45) is 0 Å². The number of halogens is 3. The first-order valence-electron chi connectivity index (χ1n) is 6.51. The predicted molar refractivity (Wildman–Crippen MR) is 86.9 cm³/mol. The second-order valence-corrected chi connectivity index (χ2v) is 5.86. The maximum absolute atomic E-state index is 13.6. The van der Waals surface area contributed by atoms with Gasteiger partial charge in [-0.05, 0) is 24.3 Å². The average Bonchev–Trinajstić information content (AvgIpc) is 2.98. The highest BCUT2D eigenvalue weighted by atomic mass is 35.5. The quantitative estimate of drug-likeness (QED) is 0.722. The van der Waals surface area contributed by atoms with Gasteiger partial charge in [-0.2, -0.15) is 0 Å². The van der Waals surface area contributed by atoms with E-state index in [1.54, 1.807) is 23.6 Å². The predicted octanol–water partition coefficient (Wildman–Crippen LogP) is 4.99. The van der Waals surface area contributed by atoms with Crippen LogP contribution in [0.1, 0.15) is 10.4 Å². The summed E-state index contributed by atoms with van der Waals surface area (Å²) in [6.07, 6.45) is 0. The van der Waals surface area contributed by atoms with Crippen molar-refractivity contribution >= 4 is 34.0 Å².